The van der Waals surface area contributed by atoms with E-state index in [9.17, 15) is 4.79 Å². The summed E-state index contributed by atoms with van der Waals surface area (Å²) in [4.78, 5) is 20.5. The number of carbonyl (C=O) groups excluding carboxylic acids is 1. The molecule has 2 aromatic rings. The van der Waals surface area contributed by atoms with Gasteiger partial charge in [0.05, 0.1) is 7.11 Å². The number of carbonyl (C=O) groups is 1. The number of benzene rings is 1. The minimum Gasteiger partial charge on any atom is -0.497 e. The molecule has 1 aromatic carbocycles. The smallest absolute Gasteiger partial charge is 0.258 e. The molecule has 0 unspecified atom stereocenters. The second kappa shape index (κ2) is 10.1. The van der Waals surface area contributed by atoms with E-state index in [1.54, 1.807) is 31.4 Å². The number of hydrogen-bond acceptors (Lipinski definition) is 7. The van der Waals surface area contributed by atoms with Gasteiger partial charge in [-0.3, -0.25) is 4.79 Å². The third-order valence-corrected chi connectivity index (χ3v) is 3.37. The lowest BCUT2D eigenvalue weighted by atomic mass is 10.3. The summed E-state index contributed by atoms with van der Waals surface area (Å²) in [5, 5.41) is 9.02. The van der Waals surface area contributed by atoms with Gasteiger partial charge in [-0.2, -0.15) is 4.98 Å². The Morgan fingerprint density at radius 1 is 1.08 bits per heavy atom. The molecule has 0 aliphatic heterocycles. The van der Waals surface area contributed by atoms with E-state index < -0.39 is 0 Å². The zero-order valence-corrected chi connectivity index (χ0v) is 15.3. The first-order valence-corrected chi connectivity index (χ1v) is 8.47. The molecule has 8 heteroatoms. The lowest BCUT2D eigenvalue weighted by molar-refractivity contribution is -0.123. The van der Waals surface area contributed by atoms with Crippen molar-refractivity contribution >= 4 is 17.7 Å². The fourth-order valence-corrected chi connectivity index (χ4v) is 2.17. The highest BCUT2D eigenvalue weighted by atomic mass is 16.5. The Morgan fingerprint density at radius 3 is 2.50 bits per heavy atom. The number of nitrogens with zero attached hydrogens (tertiary/aromatic N) is 2. The van der Waals surface area contributed by atoms with Crippen molar-refractivity contribution in [3.8, 4) is 11.5 Å². The van der Waals surface area contributed by atoms with Crippen LogP contribution in [0.25, 0.3) is 0 Å². The molecule has 3 N–H and O–H groups in total. The molecule has 0 bridgehead atoms. The van der Waals surface area contributed by atoms with E-state index in [4.69, 9.17) is 9.47 Å². The van der Waals surface area contributed by atoms with Crippen LogP contribution < -0.4 is 25.4 Å². The Balaban J connectivity index is 1.68. The maximum Gasteiger partial charge on any atom is 0.258 e. The van der Waals surface area contributed by atoms with Crippen LogP contribution in [0.5, 0.6) is 11.5 Å². The molecule has 0 aliphatic carbocycles. The summed E-state index contributed by atoms with van der Waals surface area (Å²) in [7, 11) is 1.60. The highest BCUT2D eigenvalue weighted by Crippen LogP contribution is 2.16. The van der Waals surface area contributed by atoms with Crippen LogP contribution in [0.1, 0.15) is 12.6 Å². The van der Waals surface area contributed by atoms with Gasteiger partial charge in [-0.1, -0.05) is 0 Å². The summed E-state index contributed by atoms with van der Waals surface area (Å²) in [6.45, 7) is 5.63. The normalized spacial score (nSPS) is 10.1. The largest absolute Gasteiger partial charge is 0.497 e. The zero-order chi connectivity index (χ0) is 18.8. The van der Waals surface area contributed by atoms with Crippen LogP contribution in [-0.2, 0) is 4.79 Å². The van der Waals surface area contributed by atoms with Crippen LogP contribution in [0.3, 0.4) is 0 Å². The molecule has 140 valence electrons. The summed E-state index contributed by atoms with van der Waals surface area (Å²) >= 11 is 0. The van der Waals surface area contributed by atoms with Crippen molar-refractivity contribution in [3.63, 3.8) is 0 Å². The monoisotopic (exact) mass is 359 g/mol. The van der Waals surface area contributed by atoms with Gasteiger partial charge < -0.3 is 25.4 Å². The molecule has 0 atom stereocenters. The average molecular weight is 359 g/mol. The van der Waals surface area contributed by atoms with E-state index in [1.807, 2.05) is 19.9 Å². The lowest BCUT2D eigenvalue weighted by Crippen LogP contribution is -2.32. The van der Waals surface area contributed by atoms with Crippen molar-refractivity contribution in [2.75, 3.05) is 44.0 Å². The number of ether oxygens (including phenoxy) is 2. The zero-order valence-electron chi connectivity index (χ0n) is 15.3. The van der Waals surface area contributed by atoms with Crippen LogP contribution >= 0.6 is 0 Å². The van der Waals surface area contributed by atoms with Gasteiger partial charge in [0.25, 0.3) is 5.91 Å². The molecule has 26 heavy (non-hydrogen) atoms. The quantitative estimate of drug-likeness (QED) is 0.557. The molecule has 0 fully saturated rings. The molecule has 0 aliphatic rings. The van der Waals surface area contributed by atoms with Gasteiger partial charge in [-0.05, 0) is 38.1 Å². The number of nitrogens with one attached hydrogen (secondary N) is 3. The number of aromatic nitrogens is 2. The first kappa shape index (κ1) is 19.3. The van der Waals surface area contributed by atoms with Gasteiger partial charge in [0.2, 0.25) is 5.95 Å². The van der Waals surface area contributed by atoms with Gasteiger partial charge in [-0.25, -0.2) is 4.98 Å². The number of methoxy groups -OCH3 is 1. The van der Waals surface area contributed by atoms with E-state index in [1.165, 1.54) is 0 Å². The van der Waals surface area contributed by atoms with E-state index in [0.29, 0.717) is 24.8 Å². The molecule has 0 spiro atoms. The van der Waals surface area contributed by atoms with E-state index in [-0.39, 0.29) is 12.5 Å². The van der Waals surface area contributed by atoms with Crippen LogP contribution in [0.2, 0.25) is 0 Å². The molecular weight excluding hydrogens is 334 g/mol. The Morgan fingerprint density at radius 2 is 1.81 bits per heavy atom. The van der Waals surface area contributed by atoms with Crippen LogP contribution in [0, 0.1) is 6.92 Å². The van der Waals surface area contributed by atoms with Crippen LogP contribution in [-0.4, -0.2) is 49.2 Å². The molecule has 0 radical (unpaired) electrons. The van der Waals surface area contributed by atoms with Crippen LogP contribution in [0.4, 0.5) is 11.8 Å². The molecule has 8 nitrogen and oxygen atoms in total. The number of amides is 1. The van der Waals surface area contributed by atoms with Gasteiger partial charge in [0.1, 0.15) is 17.3 Å². The van der Waals surface area contributed by atoms with Crippen molar-refractivity contribution in [2.24, 2.45) is 0 Å². The second-order valence-electron chi connectivity index (χ2n) is 5.49. The van der Waals surface area contributed by atoms with Gasteiger partial charge in [0.15, 0.2) is 6.61 Å². The van der Waals surface area contributed by atoms with E-state index >= 15 is 0 Å². The fourth-order valence-electron chi connectivity index (χ4n) is 2.17. The minimum absolute atomic E-state index is 0.0438. The second-order valence-corrected chi connectivity index (χ2v) is 5.49. The lowest BCUT2D eigenvalue weighted by Gasteiger charge is -2.10. The minimum atomic E-state index is -0.193. The van der Waals surface area contributed by atoms with Crippen LogP contribution in [0.15, 0.2) is 30.3 Å². The summed E-state index contributed by atoms with van der Waals surface area (Å²) in [5.74, 6) is 2.47. The maximum absolute atomic E-state index is 11.8. The maximum atomic E-state index is 11.8. The molecule has 0 saturated carbocycles. The van der Waals surface area contributed by atoms with Gasteiger partial charge in [-0.15, -0.1) is 0 Å². The van der Waals surface area contributed by atoms with Gasteiger partial charge in [0, 0.05) is 31.4 Å². The molecule has 2 rings (SSSR count). The fraction of sp³-hybridized carbons (Fsp3) is 0.389. The van der Waals surface area contributed by atoms with E-state index in [2.05, 4.69) is 25.9 Å². The first-order chi connectivity index (χ1) is 12.6. The summed E-state index contributed by atoms with van der Waals surface area (Å²) < 4.78 is 10.5. The Labute approximate surface area is 153 Å². The molecule has 1 heterocycles. The Kier molecular flexibility index (Phi) is 7.48. The molecule has 1 aromatic heterocycles. The van der Waals surface area contributed by atoms with Crippen molar-refractivity contribution in [1.29, 1.82) is 0 Å². The van der Waals surface area contributed by atoms with Gasteiger partial charge >= 0.3 is 0 Å². The molecular formula is C18H25N5O3. The Hall–Kier alpha value is -3.03. The Bertz CT molecular complexity index is 706. The van der Waals surface area contributed by atoms with Crippen molar-refractivity contribution in [3.05, 3.63) is 36.0 Å². The highest BCUT2D eigenvalue weighted by Gasteiger charge is 2.04. The molecule has 1 amide bonds. The third-order valence-electron chi connectivity index (χ3n) is 3.37. The predicted octanol–water partition coefficient (Wildman–Crippen LogP) is 1.83. The van der Waals surface area contributed by atoms with E-state index in [0.717, 1.165) is 23.8 Å². The van der Waals surface area contributed by atoms with Crippen molar-refractivity contribution in [1.82, 2.24) is 15.3 Å². The summed E-state index contributed by atoms with van der Waals surface area (Å²) in [6, 6.07) is 8.95. The number of rotatable bonds is 10. The number of aryl methyl sites for hydroxylation is 1. The van der Waals surface area contributed by atoms with Crippen molar-refractivity contribution < 1.29 is 14.3 Å². The van der Waals surface area contributed by atoms with Crippen molar-refractivity contribution in [2.45, 2.75) is 13.8 Å². The SMILES string of the molecule is CCNc1cc(C)nc(NCCNC(=O)COc2ccc(OC)cc2)n1. The molecule has 0 saturated heterocycles. The third kappa shape index (κ3) is 6.46. The highest BCUT2D eigenvalue weighted by molar-refractivity contribution is 5.77. The number of hydrogen-bond donors (Lipinski definition) is 3. The number of anilines is 2. The standard InChI is InChI=1S/C18H25N5O3/c1-4-19-16-11-13(2)22-18(23-16)21-10-9-20-17(24)12-26-15-7-5-14(25-3)6-8-15/h5-8,11H,4,9-10,12H2,1-3H3,(H,20,24)(H2,19,21,22,23). The first-order valence-electron chi connectivity index (χ1n) is 8.47. The average Bonchev–Trinajstić information content (AvgIpc) is 2.64. The topological polar surface area (TPSA) is 97.4 Å². The summed E-state index contributed by atoms with van der Waals surface area (Å²) in [6.07, 6.45) is 0. The predicted molar refractivity (Wildman–Crippen MR) is 101 cm³/mol. The summed E-state index contributed by atoms with van der Waals surface area (Å²) in [5.41, 5.74) is 0.871.